The molecule has 10 aromatic carbocycles. The summed E-state index contributed by atoms with van der Waals surface area (Å²) in [7, 11) is 0. The normalized spacial score (nSPS) is 11.3. The molecule has 2 N–H and O–H groups in total. The molecule has 71 heavy (non-hydrogen) atoms. The average molecular weight is 921 g/mol. The number of ether oxygens (including phenoxy) is 2. The Hall–Kier alpha value is -9.28. The van der Waals surface area contributed by atoms with Crippen molar-refractivity contribution >= 4 is 54.5 Å². The number of rotatable bonds is 12. The molecule has 0 amide bonds. The monoisotopic (exact) mass is 920 g/mol. The van der Waals surface area contributed by atoms with Crippen LogP contribution < -0.4 is 9.47 Å². The first kappa shape index (κ1) is 45.5. The van der Waals surface area contributed by atoms with Gasteiger partial charge in [0.25, 0.3) is 0 Å². The van der Waals surface area contributed by atoms with Crippen LogP contribution in [0.25, 0.3) is 97.3 Å². The molecule has 0 saturated heterocycles. The van der Waals surface area contributed by atoms with Crippen LogP contribution >= 0.6 is 0 Å². The van der Waals surface area contributed by atoms with E-state index in [0.29, 0.717) is 34.0 Å². The van der Waals surface area contributed by atoms with Gasteiger partial charge in [0.05, 0.1) is 49.6 Å². The van der Waals surface area contributed by atoms with Crippen LogP contribution in [0.3, 0.4) is 0 Å². The van der Waals surface area contributed by atoms with Crippen LogP contribution in [-0.4, -0.2) is 36.6 Å². The molecule has 0 aliphatic heterocycles. The van der Waals surface area contributed by atoms with Crippen molar-refractivity contribution in [2.24, 2.45) is 0 Å². The summed E-state index contributed by atoms with van der Waals surface area (Å²) in [5.74, 6) is 1.08. The first-order chi connectivity index (χ1) is 34.7. The van der Waals surface area contributed by atoms with Gasteiger partial charge in [-0.25, -0.2) is 9.69 Å². The Bertz CT molecular complexity index is 3470. The zero-order chi connectivity index (χ0) is 49.2. The fourth-order valence-electron chi connectivity index (χ4n) is 10.1. The number of hydrogen-bond donors (Lipinski definition) is 2. The predicted molar refractivity (Wildman–Crippen MR) is 284 cm³/mol. The second-order valence-electron chi connectivity index (χ2n) is 17.8. The van der Waals surface area contributed by atoms with E-state index in [1.807, 2.05) is 146 Å². The first-order valence-corrected chi connectivity index (χ1v) is 23.2. The molecule has 10 aromatic rings. The SMILES string of the molecule is [C-]#[N+]c1cccc2c(-c3cc(C(C)(C)c4cc(-c5cccc6c(C#N)cccc56)c(OCCO)c(-c5cccc6c(C#N)cccc56)c4)cc(-c4cccc5c([N+]#[C-])cccc45)c3OCCO)cccc12. The van der Waals surface area contributed by atoms with Gasteiger partial charge in [0, 0.05) is 38.4 Å². The minimum atomic E-state index is -0.818. The lowest BCUT2D eigenvalue weighted by Gasteiger charge is -2.31. The van der Waals surface area contributed by atoms with Gasteiger partial charge in [-0.1, -0.05) is 147 Å². The number of aliphatic hydroxyl groups excluding tert-OH is 2. The number of aliphatic hydroxyl groups is 2. The lowest BCUT2D eigenvalue weighted by Crippen LogP contribution is -2.20. The van der Waals surface area contributed by atoms with E-state index >= 15 is 0 Å². The fraction of sp³-hybridized carbons (Fsp3) is 0.111. The standard InChI is InChI=1S/C63H44N4O4/c1-63(2,41-33-55(49-19-7-15-43-39(37-64)13-5-17-45(43)49)61(70-31-29-68)56(34-41)50-20-8-16-44-40(38-65)14-6-18-46(44)50)42-35-57(51-21-9-25-53-47(51)23-11-27-59(53)66-3)62(71-32-30-69)58(36-42)52-22-10-26-54-48(52)24-12-28-60(54)67-4/h5-28,33-36,68-69H,29-32H2,1-2H3. The third-order valence-electron chi connectivity index (χ3n) is 13.6. The van der Waals surface area contributed by atoms with Gasteiger partial charge in [0.15, 0.2) is 11.4 Å². The molecule has 0 saturated carbocycles. The largest absolute Gasteiger partial charge is 0.490 e. The molecule has 0 fully saturated rings. The summed E-state index contributed by atoms with van der Waals surface area (Å²) in [6, 6.07) is 59.9. The van der Waals surface area contributed by atoms with Gasteiger partial charge in [-0.15, -0.1) is 0 Å². The van der Waals surface area contributed by atoms with Gasteiger partial charge in [0.1, 0.15) is 24.7 Å². The summed E-state index contributed by atoms with van der Waals surface area (Å²) < 4.78 is 13.4. The maximum atomic E-state index is 10.3. The molecule has 0 radical (unpaired) electrons. The van der Waals surface area contributed by atoms with E-state index in [1.165, 1.54) is 0 Å². The van der Waals surface area contributed by atoms with Crippen LogP contribution in [0.15, 0.2) is 170 Å². The molecule has 0 bridgehead atoms. The summed E-state index contributed by atoms with van der Waals surface area (Å²) >= 11 is 0. The molecular formula is C63H44N4O4. The second kappa shape index (κ2) is 19.0. The van der Waals surface area contributed by atoms with E-state index in [2.05, 4.69) is 59.9 Å². The van der Waals surface area contributed by atoms with E-state index in [4.69, 9.17) is 22.6 Å². The lowest BCUT2D eigenvalue weighted by molar-refractivity contribution is 0.202. The van der Waals surface area contributed by atoms with Gasteiger partial charge < -0.3 is 19.7 Å². The van der Waals surface area contributed by atoms with Crippen LogP contribution in [-0.2, 0) is 5.41 Å². The Kier molecular flexibility index (Phi) is 12.2. The average Bonchev–Trinajstić information content (AvgIpc) is 3.42. The van der Waals surface area contributed by atoms with Crippen LogP contribution in [0.1, 0.15) is 36.1 Å². The van der Waals surface area contributed by atoms with E-state index in [-0.39, 0.29) is 26.4 Å². The smallest absolute Gasteiger partial charge is 0.194 e. The quantitative estimate of drug-likeness (QED) is 0.118. The minimum Gasteiger partial charge on any atom is -0.490 e. The van der Waals surface area contributed by atoms with Crippen LogP contribution in [0, 0.1) is 35.8 Å². The molecule has 0 heterocycles. The van der Waals surface area contributed by atoms with Crippen molar-refractivity contribution in [1.29, 1.82) is 10.5 Å². The highest BCUT2D eigenvalue weighted by Gasteiger charge is 2.31. The van der Waals surface area contributed by atoms with E-state index < -0.39 is 5.41 Å². The highest BCUT2D eigenvalue weighted by Crippen LogP contribution is 2.51. The molecule has 8 nitrogen and oxygen atoms in total. The van der Waals surface area contributed by atoms with Crippen molar-refractivity contribution in [3.8, 4) is 68.1 Å². The van der Waals surface area contributed by atoms with Crippen LogP contribution in [0.2, 0.25) is 0 Å². The van der Waals surface area contributed by atoms with E-state index in [1.54, 1.807) is 0 Å². The van der Waals surface area contributed by atoms with E-state index in [0.717, 1.165) is 98.7 Å². The van der Waals surface area contributed by atoms with Crippen LogP contribution in [0.5, 0.6) is 11.5 Å². The molecule has 10 rings (SSSR count). The topological polar surface area (TPSA) is 115 Å². The van der Waals surface area contributed by atoms with Gasteiger partial charge in [-0.2, -0.15) is 10.5 Å². The molecular weight excluding hydrogens is 877 g/mol. The van der Waals surface area contributed by atoms with Crippen molar-refractivity contribution in [2.45, 2.75) is 19.3 Å². The summed E-state index contributed by atoms with van der Waals surface area (Å²) in [6.07, 6.45) is 0. The summed E-state index contributed by atoms with van der Waals surface area (Å²) in [5, 5.41) is 47.7. The number of hydrogen-bond acceptors (Lipinski definition) is 6. The van der Waals surface area contributed by atoms with Crippen molar-refractivity contribution in [2.75, 3.05) is 26.4 Å². The number of nitriles is 2. The lowest BCUT2D eigenvalue weighted by atomic mass is 9.74. The summed E-state index contributed by atoms with van der Waals surface area (Å²) in [5.41, 5.74) is 9.45. The van der Waals surface area contributed by atoms with Gasteiger partial charge in [-0.3, -0.25) is 0 Å². The number of nitrogens with zero attached hydrogens (tertiary/aromatic N) is 4. The molecule has 0 aliphatic carbocycles. The van der Waals surface area contributed by atoms with Crippen molar-refractivity contribution in [1.82, 2.24) is 0 Å². The molecule has 8 heteroatoms. The Labute approximate surface area is 411 Å². The zero-order valence-electron chi connectivity index (χ0n) is 39.0. The molecule has 0 unspecified atom stereocenters. The molecule has 340 valence electrons. The number of benzene rings is 10. The van der Waals surface area contributed by atoms with Crippen molar-refractivity contribution in [3.05, 3.63) is 215 Å². The molecule has 0 aliphatic rings. The fourth-order valence-corrected chi connectivity index (χ4v) is 10.1. The highest BCUT2D eigenvalue weighted by molar-refractivity contribution is 6.09. The third kappa shape index (κ3) is 7.91. The first-order valence-electron chi connectivity index (χ1n) is 23.2. The predicted octanol–water partition coefficient (Wildman–Crippen LogP) is 14.9. The summed E-state index contributed by atoms with van der Waals surface area (Å²) in [4.78, 5) is 7.74. The van der Waals surface area contributed by atoms with Gasteiger partial charge in [0.2, 0.25) is 0 Å². The molecule has 0 atom stereocenters. The van der Waals surface area contributed by atoms with E-state index in [9.17, 15) is 20.7 Å². The summed E-state index contributed by atoms with van der Waals surface area (Å²) in [6.45, 7) is 20.0. The Morgan fingerprint density at radius 3 is 1.04 bits per heavy atom. The van der Waals surface area contributed by atoms with Crippen LogP contribution in [0.4, 0.5) is 11.4 Å². The minimum absolute atomic E-state index is 0.00761. The Morgan fingerprint density at radius 2 is 0.718 bits per heavy atom. The third-order valence-corrected chi connectivity index (χ3v) is 13.6. The molecule has 0 aromatic heterocycles. The molecule has 0 spiro atoms. The van der Waals surface area contributed by atoms with Gasteiger partial charge in [-0.05, 0) is 102 Å². The Morgan fingerprint density at radius 1 is 0.423 bits per heavy atom. The van der Waals surface area contributed by atoms with Crippen molar-refractivity contribution < 1.29 is 19.7 Å². The maximum absolute atomic E-state index is 10.3. The zero-order valence-corrected chi connectivity index (χ0v) is 39.0. The highest BCUT2D eigenvalue weighted by atomic mass is 16.5. The van der Waals surface area contributed by atoms with Crippen molar-refractivity contribution in [3.63, 3.8) is 0 Å². The van der Waals surface area contributed by atoms with Gasteiger partial charge >= 0.3 is 0 Å². The second-order valence-corrected chi connectivity index (χ2v) is 17.8. The number of fused-ring (bicyclic) bond motifs is 4. The maximum Gasteiger partial charge on any atom is 0.194 e. The Balaban J connectivity index is 1.34.